The van der Waals surface area contributed by atoms with E-state index in [0.29, 0.717) is 6.07 Å². The van der Waals surface area contributed by atoms with E-state index in [0.717, 1.165) is 0 Å². The first-order valence-electron chi connectivity index (χ1n) is 2.92. The van der Waals surface area contributed by atoms with Crippen LogP contribution in [0.5, 0.6) is 0 Å². The van der Waals surface area contributed by atoms with Gasteiger partial charge in [-0.3, -0.25) is 10.1 Å². The molecule has 0 saturated heterocycles. The predicted molar refractivity (Wildman–Crippen MR) is 50.8 cm³/mol. The number of nitro groups is 1. The van der Waals surface area contributed by atoms with Crippen LogP contribution in [0.4, 0.5) is 10.1 Å². The van der Waals surface area contributed by atoms with Crippen LogP contribution in [0.25, 0.3) is 0 Å². The van der Waals surface area contributed by atoms with Crippen LogP contribution in [-0.2, 0) is 0 Å². The Morgan fingerprint density at radius 1 is 1.46 bits per heavy atom. The van der Waals surface area contributed by atoms with Crippen LogP contribution in [-0.4, -0.2) is 4.92 Å². The third-order valence-corrected chi connectivity index (χ3v) is 3.28. The van der Waals surface area contributed by atoms with Gasteiger partial charge in [-0.1, -0.05) is 23.2 Å². The van der Waals surface area contributed by atoms with Crippen molar-refractivity contribution in [1.82, 2.24) is 0 Å². The number of benzene rings is 1. The van der Waals surface area contributed by atoms with Gasteiger partial charge in [-0.05, 0) is 15.9 Å². The van der Waals surface area contributed by atoms with Crippen LogP contribution in [0, 0.1) is 15.9 Å². The summed E-state index contributed by atoms with van der Waals surface area (Å²) in [5.74, 6) is -0.885. The molecule has 0 unspecified atom stereocenters. The molecule has 0 saturated carbocycles. The molecular weight excluding hydrogens is 288 g/mol. The maximum Gasteiger partial charge on any atom is 0.292 e. The first kappa shape index (κ1) is 10.7. The molecule has 1 rings (SSSR count). The molecule has 0 N–H and O–H groups in total. The molecule has 0 amide bonds. The predicted octanol–water partition coefficient (Wildman–Crippen LogP) is 3.80. The summed E-state index contributed by atoms with van der Waals surface area (Å²) in [6.07, 6.45) is 0. The Morgan fingerprint density at radius 3 is 2.46 bits per heavy atom. The zero-order valence-corrected chi connectivity index (χ0v) is 8.95. The Morgan fingerprint density at radius 2 is 2.00 bits per heavy atom. The monoisotopic (exact) mass is 287 g/mol. The fourth-order valence-electron chi connectivity index (χ4n) is 0.693. The third-order valence-electron chi connectivity index (χ3n) is 1.28. The Labute approximate surface area is 90.7 Å². The molecule has 70 valence electrons. The van der Waals surface area contributed by atoms with Crippen LogP contribution >= 0.6 is 39.1 Å². The van der Waals surface area contributed by atoms with Gasteiger partial charge in [0.1, 0.15) is 10.8 Å². The van der Waals surface area contributed by atoms with Gasteiger partial charge in [0.05, 0.1) is 20.5 Å². The standard InChI is InChI=1S/C6HBrCl2FNO2/c7-4-5(8)2(10)1-3(6(4)9)11(12)13/h1H. The second-order valence-corrected chi connectivity index (χ2v) is 3.63. The number of rotatable bonds is 1. The SMILES string of the molecule is O=[N+]([O-])c1cc(F)c(Cl)c(Br)c1Cl. The lowest BCUT2D eigenvalue weighted by Crippen LogP contribution is -1.92. The van der Waals surface area contributed by atoms with Crippen molar-refractivity contribution in [2.45, 2.75) is 0 Å². The van der Waals surface area contributed by atoms with Crippen molar-refractivity contribution in [2.75, 3.05) is 0 Å². The van der Waals surface area contributed by atoms with Gasteiger partial charge in [-0.25, -0.2) is 4.39 Å². The average Bonchev–Trinajstić information content (AvgIpc) is 2.07. The van der Waals surface area contributed by atoms with E-state index in [9.17, 15) is 14.5 Å². The fourth-order valence-corrected chi connectivity index (χ4v) is 1.50. The van der Waals surface area contributed by atoms with Gasteiger partial charge < -0.3 is 0 Å². The van der Waals surface area contributed by atoms with Gasteiger partial charge in [0.15, 0.2) is 0 Å². The minimum absolute atomic E-state index is 0.0115. The summed E-state index contributed by atoms with van der Waals surface area (Å²) in [5.41, 5.74) is -0.518. The molecule has 1 aromatic rings. The lowest BCUT2D eigenvalue weighted by molar-refractivity contribution is -0.384. The van der Waals surface area contributed by atoms with Gasteiger partial charge in [0, 0.05) is 0 Å². The molecule has 0 aliphatic rings. The van der Waals surface area contributed by atoms with Crippen molar-refractivity contribution in [3.05, 3.63) is 36.5 Å². The van der Waals surface area contributed by atoms with E-state index in [-0.39, 0.29) is 14.5 Å². The fraction of sp³-hybridized carbons (Fsp3) is 0. The summed E-state index contributed by atoms with van der Waals surface area (Å²) in [6, 6.07) is 0.676. The Bertz CT molecular complexity index is 385. The first-order chi connectivity index (χ1) is 5.95. The van der Waals surface area contributed by atoms with Crippen molar-refractivity contribution in [3.63, 3.8) is 0 Å². The molecule has 3 nitrogen and oxygen atoms in total. The maximum absolute atomic E-state index is 12.9. The second kappa shape index (κ2) is 3.77. The molecular formula is C6HBrCl2FNO2. The largest absolute Gasteiger partial charge is 0.292 e. The summed E-state index contributed by atoms with van der Waals surface area (Å²) < 4.78 is 12.8. The highest BCUT2D eigenvalue weighted by Gasteiger charge is 2.21. The normalized spacial score (nSPS) is 10.2. The minimum Gasteiger partial charge on any atom is -0.258 e. The third kappa shape index (κ3) is 1.92. The molecule has 0 fully saturated rings. The van der Waals surface area contributed by atoms with Gasteiger partial charge >= 0.3 is 0 Å². The van der Waals surface area contributed by atoms with Gasteiger partial charge in [0.2, 0.25) is 0 Å². The van der Waals surface area contributed by atoms with Crippen molar-refractivity contribution in [3.8, 4) is 0 Å². The number of hydrogen-bond acceptors (Lipinski definition) is 2. The summed E-state index contributed by atoms with van der Waals surface area (Å²) in [5, 5.41) is 9.85. The van der Waals surface area contributed by atoms with Crippen molar-refractivity contribution >= 4 is 44.8 Å². The molecule has 0 heterocycles. The first-order valence-corrected chi connectivity index (χ1v) is 4.47. The smallest absolute Gasteiger partial charge is 0.258 e. The molecule has 13 heavy (non-hydrogen) atoms. The maximum atomic E-state index is 12.9. The highest BCUT2D eigenvalue weighted by Crippen LogP contribution is 2.38. The quantitative estimate of drug-likeness (QED) is 0.341. The van der Waals surface area contributed by atoms with Crippen LogP contribution in [0.1, 0.15) is 0 Å². The zero-order chi connectivity index (χ0) is 10.2. The van der Waals surface area contributed by atoms with Crippen LogP contribution in [0.3, 0.4) is 0 Å². The van der Waals surface area contributed by atoms with Crippen LogP contribution in [0.15, 0.2) is 10.5 Å². The number of halogens is 4. The molecule has 7 heteroatoms. The Balaban J connectivity index is 3.50. The number of hydrogen-bond donors (Lipinski definition) is 0. The van der Waals surface area contributed by atoms with E-state index in [1.54, 1.807) is 0 Å². The highest BCUT2D eigenvalue weighted by molar-refractivity contribution is 9.10. The van der Waals surface area contributed by atoms with E-state index in [2.05, 4.69) is 15.9 Å². The molecule has 0 atom stereocenters. The summed E-state index contributed by atoms with van der Waals surface area (Å²) in [4.78, 5) is 9.54. The Hall–Kier alpha value is -0.390. The number of nitro benzene ring substituents is 1. The van der Waals surface area contributed by atoms with Crippen LogP contribution in [0.2, 0.25) is 10.0 Å². The highest BCUT2D eigenvalue weighted by atomic mass is 79.9. The van der Waals surface area contributed by atoms with E-state index in [1.165, 1.54) is 0 Å². The van der Waals surface area contributed by atoms with Crippen molar-refractivity contribution < 1.29 is 9.31 Å². The molecule has 1 aromatic carbocycles. The van der Waals surface area contributed by atoms with E-state index >= 15 is 0 Å². The lowest BCUT2D eigenvalue weighted by atomic mass is 10.3. The topological polar surface area (TPSA) is 43.1 Å². The van der Waals surface area contributed by atoms with E-state index < -0.39 is 16.4 Å². The molecule has 0 aromatic heterocycles. The molecule has 0 radical (unpaired) electrons. The Kier molecular flexibility index (Phi) is 3.10. The second-order valence-electron chi connectivity index (χ2n) is 2.08. The van der Waals surface area contributed by atoms with Crippen LogP contribution < -0.4 is 0 Å². The van der Waals surface area contributed by atoms with Crippen molar-refractivity contribution in [2.24, 2.45) is 0 Å². The summed E-state index contributed by atoms with van der Waals surface area (Å²) in [6.45, 7) is 0. The number of nitrogens with zero attached hydrogens (tertiary/aromatic N) is 1. The molecule has 0 spiro atoms. The lowest BCUT2D eigenvalue weighted by Gasteiger charge is -2.01. The van der Waals surface area contributed by atoms with E-state index in [4.69, 9.17) is 23.2 Å². The summed E-state index contributed by atoms with van der Waals surface area (Å²) >= 11 is 13.8. The van der Waals surface area contributed by atoms with E-state index in [1.807, 2.05) is 0 Å². The zero-order valence-electron chi connectivity index (χ0n) is 5.85. The van der Waals surface area contributed by atoms with Gasteiger partial charge in [-0.15, -0.1) is 0 Å². The van der Waals surface area contributed by atoms with Gasteiger partial charge in [0.25, 0.3) is 5.69 Å². The molecule has 0 aliphatic carbocycles. The summed E-state index contributed by atoms with van der Waals surface area (Å²) in [7, 11) is 0. The minimum atomic E-state index is -0.885. The average molecular weight is 289 g/mol. The molecule has 0 bridgehead atoms. The van der Waals surface area contributed by atoms with Crippen molar-refractivity contribution in [1.29, 1.82) is 0 Å². The van der Waals surface area contributed by atoms with Gasteiger partial charge in [-0.2, -0.15) is 0 Å². The molecule has 0 aliphatic heterocycles.